The van der Waals surface area contributed by atoms with Crippen LogP contribution in [0, 0.1) is 27.7 Å². The van der Waals surface area contributed by atoms with E-state index in [4.69, 9.17) is 4.74 Å². The van der Waals surface area contributed by atoms with E-state index >= 15 is 0 Å². The van der Waals surface area contributed by atoms with Crippen molar-refractivity contribution in [1.82, 2.24) is 15.2 Å². The molecular formula is C18H23N3O4S. The quantitative estimate of drug-likeness (QED) is 0.751. The van der Waals surface area contributed by atoms with Gasteiger partial charge in [-0.1, -0.05) is 0 Å². The standard InChI is InChI=1S/C18H23N3O4S/c1-10-6-7-11(2)21(10)17-16(12(3)13(4)26-17)18(24)25-9-15(23)20-8-14(22)19-5/h6-7H,8-9H2,1-5H3,(H,19,22)(H,20,23). The fourth-order valence-corrected chi connectivity index (χ4v) is 3.78. The Morgan fingerprint density at radius 1 is 1.08 bits per heavy atom. The van der Waals surface area contributed by atoms with Gasteiger partial charge in [-0.3, -0.25) is 9.59 Å². The van der Waals surface area contributed by atoms with Gasteiger partial charge in [0, 0.05) is 23.3 Å². The second kappa shape index (κ2) is 8.18. The van der Waals surface area contributed by atoms with Crippen LogP contribution in [0.5, 0.6) is 0 Å². The summed E-state index contributed by atoms with van der Waals surface area (Å²) in [6, 6.07) is 3.97. The van der Waals surface area contributed by atoms with Crippen LogP contribution in [-0.2, 0) is 14.3 Å². The molecule has 140 valence electrons. The van der Waals surface area contributed by atoms with Crippen LogP contribution in [0.2, 0.25) is 0 Å². The molecule has 2 N–H and O–H groups in total. The van der Waals surface area contributed by atoms with Crippen molar-refractivity contribution in [2.75, 3.05) is 20.2 Å². The Morgan fingerprint density at radius 3 is 2.27 bits per heavy atom. The molecule has 0 aliphatic carbocycles. The summed E-state index contributed by atoms with van der Waals surface area (Å²) in [4.78, 5) is 36.5. The first-order valence-electron chi connectivity index (χ1n) is 8.16. The van der Waals surface area contributed by atoms with E-state index in [1.54, 1.807) is 0 Å². The van der Waals surface area contributed by atoms with Crippen molar-refractivity contribution in [2.24, 2.45) is 0 Å². The molecule has 0 aromatic carbocycles. The number of carbonyl (C=O) groups is 3. The third-order valence-corrected chi connectivity index (χ3v) is 5.30. The number of likely N-dealkylation sites (N-methyl/N-ethyl adjacent to an activating group) is 1. The molecule has 0 aliphatic rings. The van der Waals surface area contributed by atoms with Crippen molar-refractivity contribution in [3.05, 3.63) is 39.5 Å². The van der Waals surface area contributed by atoms with E-state index in [1.165, 1.54) is 18.4 Å². The molecule has 2 aromatic heterocycles. The molecule has 7 nitrogen and oxygen atoms in total. The minimum atomic E-state index is -0.551. The maximum absolute atomic E-state index is 12.6. The van der Waals surface area contributed by atoms with Crippen LogP contribution in [0.1, 0.15) is 32.2 Å². The number of thiophene rings is 1. The number of aromatic nitrogens is 1. The van der Waals surface area contributed by atoms with Crippen LogP contribution < -0.4 is 10.6 Å². The SMILES string of the molecule is CNC(=O)CNC(=O)COC(=O)c1c(-n2c(C)ccc2C)sc(C)c1C. The zero-order valence-corrected chi connectivity index (χ0v) is 16.4. The summed E-state index contributed by atoms with van der Waals surface area (Å²) in [5.41, 5.74) is 3.34. The molecule has 2 amide bonds. The van der Waals surface area contributed by atoms with Gasteiger partial charge in [0.2, 0.25) is 5.91 Å². The van der Waals surface area contributed by atoms with Crippen molar-refractivity contribution in [3.63, 3.8) is 0 Å². The topological polar surface area (TPSA) is 89.4 Å². The third-order valence-electron chi connectivity index (χ3n) is 4.10. The van der Waals surface area contributed by atoms with Gasteiger partial charge >= 0.3 is 5.97 Å². The first-order valence-corrected chi connectivity index (χ1v) is 8.97. The lowest BCUT2D eigenvalue weighted by molar-refractivity contribution is -0.127. The zero-order valence-electron chi connectivity index (χ0n) is 15.6. The van der Waals surface area contributed by atoms with Crippen molar-refractivity contribution in [1.29, 1.82) is 0 Å². The zero-order chi connectivity index (χ0) is 19.4. The Bertz CT molecular complexity index is 831. The number of hydrogen-bond donors (Lipinski definition) is 2. The number of amides is 2. The summed E-state index contributed by atoms with van der Waals surface area (Å²) in [7, 11) is 1.48. The van der Waals surface area contributed by atoms with Crippen molar-refractivity contribution >= 4 is 29.1 Å². The Morgan fingerprint density at radius 2 is 1.69 bits per heavy atom. The molecular weight excluding hydrogens is 354 g/mol. The smallest absolute Gasteiger partial charge is 0.341 e. The molecule has 0 bridgehead atoms. The summed E-state index contributed by atoms with van der Waals surface area (Å²) in [6.45, 7) is 7.16. The lowest BCUT2D eigenvalue weighted by Gasteiger charge is -2.11. The summed E-state index contributed by atoms with van der Waals surface area (Å²) >= 11 is 1.52. The number of aryl methyl sites for hydroxylation is 3. The summed E-state index contributed by atoms with van der Waals surface area (Å²) in [5.74, 6) is -1.40. The molecule has 26 heavy (non-hydrogen) atoms. The first kappa shape index (κ1) is 19.7. The van der Waals surface area contributed by atoms with Gasteiger partial charge in [-0.15, -0.1) is 11.3 Å². The summed E-state index contributed by atoms with van der Waals surface area (Å²) < 4.78 is 7.19. The van der Waals surface area contributed by atoms with Gasteiger partial charge in [0.1, 0.15) is 5.00 Å². The van der Waals surface area contributed by atoms with Crippen LogP contribution in [0.3, 0.4) is 0 Å². The average Bonchev–Trinajstić information content (AvgIpc) is 3.09. The monoisotopic (exact) mass is 377 g/mol. The minimum Gasteiger partial charge on any atom is -0.452 e. The normalized spacial score (nSPS) is 10.5. The molecule has 8 heteroatoms. The van der Waals surface area contributed by atoms with Gasteiger partial charge in [-0.2, -0.15) is 0 Å². The molecule has 0 radical (unpaired) electrons. The number of ether oxygens (including phenoxy) is 1. The van der Waals surface area contributed by atoms with Crippen molar-refractivity contribution in [2.45, 2.75) is 27.7 Å². The number of rotatable bonds is 6. The van der Waals surface area contributed by atoms with Crippen LogP contribution in [-0.4, -0.2) is 42.6 Å². The van der Waals surface area contributed by atoms with Crippen LogP contribution >= 0.6 is 11.3 Å². The predicted octanol–water partition coefficient (Wildman–Crippen LogP) is 1.79. The van der Waals surface area contributed by atoms with E-state index in [2.05, 4.69) is 10.6 Å². The Labute approximate surface area is 156 Å². The summed E-state index contributed by atoms with van der Waals surface area (Å²) in [6.07, 6.45) is 0. The highest BCUT2D eigenvalue weighted by Gasteiger charge is 2.24. The van der Waals surface area contributed by atoms with E-state index in [0.717, 1.165) is 26.8 Å². The van der Waals surface area contributed by atoms with E-state index < -0.39 is 18.5 Å². The van der Waals surface area contributed by atoms with Gasteiger partial charge in [0.05, 0.1) is 12.1 Å². The highest BCUT2D eigenvalue weighted by Crippen LogP contribution is 2.33. The fourth-order valence-electron chi connectivity index (χ4n) is 2.52. The third kappa shape index (κ3) is 4.13. The highest BCUT2D eigenvalue weighted by atomic mass is 32.1. The number of nitrogens with one attached hydrogen (secondary N) is 2. The van der Waals surface area contributed by atoms with Crippen molar-refractivity contribution in [3.8, 4) is 5.00 Å². The fraction of sp³-hybridized carbons (Fsp3) is 0.389. The van der Waals surface area contributed by atoms with E-state index in [9.17, 15) is 14.4 Å². The van der Waals surface area contributed by atoms with Crippen LogP contribution in [0.25, 0.3) is 5.00 Å². The highest BCUT2D eigenvalue weighted by molar-refractivity contribution is 7.15. The Hall–Kier alpha value is -2.61. The molecule has 2 heterocycles. The van der Waals surface area contributed by atoms with E-state index in [-0.39, 0.29) is 12.5 Å². The lowest BCUT2D eigenvalue weighted by atomic mass is 10.1. The predicted molar refractivity (Wildman–Crippen MR) is 100.0 cm³/mol. The largest absolute Gasteiger partial charge is 0.452 e. The molecule has 0 fully saturated rings. The van der Waals surface area contributed by atoms with Gasteiger partial charge in [0.15, 0.2) is 6.61 Å². The maximum atomic E-state index is 12.6. The van der Waals surface area contributed by atoms with Gasteiger partial charge in [-0.25, -0.2) is 4.79 Å². The van der Waals surface area contributed by atoms with Crippen LogP contribution in [0.4, 0.5) is 0 Å². The number of hydrogen-bond acceptors (Lipinski definition) is 5. The second-order valence-electron chi connectivity index (χ2n) is 5.94. The average molecular weight is 377 g/mol. The number of nitrogens with zero attached hydrogens (tertiary/aromatic N) is 1. The number of esters is 1. The molecule has 0 saturated heterocycles. The van der Waals surface area contributed by atoms with Gasteiger partial charge < -0.3 is 19.9 Å². The lowest BCUT2D eigenvalue weighted by Crippen LogP contribution is -2.37. The van der Waals surface area contributed by atoms with E-state index in [1.807, 2.05) is 44.4 Å². The first-order chi connectivity index (χ1) is 12.3. The molecule has 0 aliphatic heterocycles. The Kier molecular flexibility index (Phi) is 6.20. The molecule has 2 aromatic rings. The molecule has 0 spiro atoms. The van der Waals surface area contributed by atoms with Crippen LogP contribution in [0.15, 0.2) is 12.1 Å². The molecule has 2 rings (SSSR count). The number of carbonyl (C=O) groups excluding carboxylic acids is 3. The minimum absolute atomic E-state index is 0.156. The Balaban J connectivity index is 2.17. The van der Waals surface area contributed by atoms with Gasteiger partial charge in [-0.05, 0) is 45.4 Å². The second-order valence-corrected chi connectivity index (χ2v) is 7.14. The molecule has 0 atom stereocenters. The molecule has 0 unspecified atom stereocenters. The van der Waals surface area contributed by atoms with E-state index in [0.29, 0.717) is 5.56 Å². The van der Waals surface area contributed by atoms with Gasteiger partial charge in [0.25, 0.3) is 5.91 Å². The summed E-state index contributed by atoms with van der Waals surface area (Å²) in [5, 5.41) is 5.57. The maximum Gasteiger partial charge on any atom is 0.341 e. The van der Waals surface area contributed by atoms with Crippen molar-refractivity contribution < 1.29 is 19.1 Å². The molecule has 0 saturated carbocycles.